The molecule has 4 rings (SSSR count). The lowest BCUT2D eigenvalue weighted by Crippen LogP contribution is -2.33. The summed E-state index contributed by atoms with van der Waals surface area (Å²) >= 11 is 6.44. The van der Waals surface area contributed by atoms with Crippen molar-refractivity contribution in [2.75, 3.05) is 19.8 Å². The van der Waals surface area contributed by atoms with Crippen molar-refractivity contribution in [2.24, 2.45) is 0 Å². The number of nitrogens with zero attached hydrogens (tertiary/aromatic N) is 2. The lowest BCUT2D eigenvalue weighted by atomic mass is 10.1. The van der Waals surface area contributed by atoms with E-state index in [1.807, 2.05) is 19.1 Å². The maximum absolute atomic E-state index is 12.8. The van der Waals surface area contributed by atoms with Gasteiger partial charge in [0.1, 0.15) is 11.9 Å². The number of hydrogen-bond acceptors (Lipinski definition) is 5. The van der Waals surface area contributed by atoms with Crippen LogP contribution < -0.4 is 5.32 Å². The van der Waals surface area contributed by atoms with Gasteiger partial charge in [0.25, 0.3) is 5.91 Å². The first-order valence-corrected chi connectivity index (χ1v) is 10.0. The Morgan fingerprint density at radius 3 is 2.83 bits per heavy atom. The van der Waals surface area contributed by atoms with Crippen LogP contribution in [0.1, 0.15) is 40.7 Å². The summed E-state index contributed by atoms with van der Waals surface area (Å²) in [5.74, 6) is 0.445. The van der Waals surface area contributed by atoms with E-state index in [0.29, 0.717) is 36.2 Å². The van der Waals surface area contributed by atoms with Gasteiger partial charge in [0.2, 0.25) is 0 Å². The Balaban J connectivity index is 1.49. The maximum atomic E-state index is 12.8. The molecule has 1 aromatic carbocycles. The first-order valence-electron chi connectivity index (χ1n) is 9.67. The van der Waals surface area contributed by atoms with Gasteiger partial charge in [0, 0.05) is 54.8 Å². The third-order valence-electron chi connectivity index (χ3n) is 5.06. The summed E-state index contributed by atoms with van der Waals surface area (Å²) in [5.41, 5.74) is 2.15. The van der Waals surface area contributed by atoms with E-state index >= 15 is 0 Å². The number of carbonyl (C=O) groups is 1. The van der Waals surface area contributed by atoms with Gasteiger partial charge in [-0.2, -0.15) is 0 Å². The largest absolute Gasteiger partial charge is 0.381 e. The Bertz CT molecular complexity index is 983. The van der Waals surface area contributed by atoms with Crippen LogP contribution >= 0.6 is 11.6 Å². The van der Waals surface area contributed by atoms with Gasteiger partial charge < -0.3 is 19.8 Å². The molecule has 152 valence electrons. The standard InChI is InChI=1S/C21H23ClN4O3/c1-13-24-10-14(11-25-13)19(29-15-5-8-28-9-6-15)12-26-21(27)17-2-3-18-16(20(17)22)4-7-23-18/h2-4,7,10-11,15,19,23H,5-6,8-9,12H2,1H3,(H,26,27). The number of aromatic amines is 1. The number of nitrogens with one attached hydrogen (secondary N) is 2. The van der Waals surface area contributed by atoms with Crippen molar-refractivity contribution in [3.05, 3.63) is 58.8 Å². The van der Waals surface area contributed by atoms with Crippen molar-refractivity contribution < 1.29 is 14.3 Å². The van der Waals surface area contributed by atoms with Crippen LogP contribution in [-0.4, -0.2) is 46.7 Å². The van der Waals surface area contributed by atoms with Crippen molar-refractivity contribution in [2.45, 2.75) is 32.0 Å². The van der Waals surface area contributed by atoms with Crippen molar-refractivity contribution in [1.82, 2.24) is 20.3 Å². The van der Waals surface area contributed by atoms with Crippen LogP contribution in [-0.2, 0) is 9.47 Å². The van der Waals surface area contributed by atoms with E-state index in [2.05, 4.69) is 20.3 Å². The van der Waals surface area contributed by atoms with E-state index in [9.17, 15) is 4.79 Å². The number of carbonyl (C=O) groups excluding carboxylic acids is 1. The molecule has 1 aliphatic heterocycles. The summed E-state index contributed by atoms with van der Waals surface area (Å²) in [6.07, 6.45) is 6.67. The highest BCUT2D eigenvalue weighted by Crippen LogP contribution is 2.27. The number of ether oxygens (including phenoxy) is 2. The number of H-pyrrole nitrogens is 1. The molecule has 3 heterocycles. The second-order valence-electron chi connectivity index (χ2n) is 7.08. The third-order valence-corrected chi connectivity index (χ3v) is 5.47. The maximum Gasteiger partial charge on any atom is 0.252 e. The fraction of sp³-hybridized carbons (Fsp3) is 0.381. The number of halogens is 1. The molecule has 2 aromatic heterocycles. The van der Waals surface area contributed by atoms with E-state index in [1.165, 1.54) is 0 Å². The quantitative estimate of drug-likeness (QED) is 0.643. The highest BCUT2D eigenvalue weighted by molar-refractivity contribution is 6.38. The summed E-state index contributed by atoms with van der Waals surface area (Å²) < 4.78 is 11.7. The molecule has 1 unspecified atom stereocenters. The molecule has 0 spiro atoms. The van der Waals surface area contributed by atoms with Gasteiger partial charge in [0.15, 0.2) is 0 Å². The molecule has 1 amide bonds. The summed E-state index contributed by atoms with van der Waals surface area (Å²) in [4.78, 5) is 24.4. The number of aryl methyl sites for hydroxylation is 1. The monoisotopic (exact) mass is 414 g/mol. The Kier molecular flexibility index (Phi) is 6.08. The molecule has 7 nitrogen and oxygen atoms in total. The second-order valence-corrected chi connectivity index (χ2v) is 7.45. The highest BCUT2D eigenvalue weighted by atomic mass is 35.5. The molecule has 1 aliphatic rings. The molecule has 0 radical (unpaired) electrons. The van der Waals surface area contributed by atoms with Gasteiger partial charge in [-0.15, -0.1) is 0 Å². The Morgan fingerprint density at radius 1 is 1.31 bits per heavy atom. The molecule has 0 bridgehead atoms. The summed E-state index contributed by atoms with van der Waals surface area (Å²) in [6, 6.07) is 5.43. The molecule has 29 heavy (non-hydrogen) atoms. The van der Waals surface area contributed by atoms with Gasteiger partial charge in [-0.3, -0.25) is 4.79 Å². The first kappa shape index (κ1) is 19.8. The zero-order valence-corrected chi connectivity index (χ0v) is 16.9. The van der Waals surface area contributed by atoms with E-state index in [0.717, 1.165) is 29.3 Å². The number of rotatable bonds is 6. The molecule has 0 aliphatic carbocycles. The van der Waals surface area contributed by atoms with Gasteiger partial charge in [-0.25, -0.2) is 9.97 Å². The Hall–Kier alpha value is -2.48. The molecule has 1 saturated heterocycles. The van der Waals surface area contributed by atoms with Crippen LogP contribution in [0.3, 0.4) is 0 Å². The van der Waals surface area contributed by atoms with Crippen molar-refractivity contribution >= 4 is 28.4 Å². The number of benzene rings is 1. The van der Waals surface area contributed by atoms with Crippen molar-refractivity contribution in [1.29, 1.82) is 0 Å². The van der Waals surface area contributed by atoms with E-state index in [-0.39, 0.29) is 18.1 Å². The Labute approximate surface area is 173 Å². The first-order chi connectivity index (χ1) is 14.1. The molecule has 1 atom stereocenters. The summed E-state index contributed by atoms with van der Waals surface area (Å²) in [7, 11) is 0. The average Bonchev–Trinajstić information content (AvgIpc) is 3.22. The zero-order valence-electron chi connectivity index (χ0n) is 16.2. The van der Waals surface area contributed by atoms with E-state index in [1.54, 1.807) is 24.7 Å². The smallest absolute Gasteiger partial charge is 0.252 e. The van der Waals surface area contributed by atoms with Gasteiger partial charge in [-0.05, 0) is 38.0 Å². The molecule has 0 saturated carbocycles. The second kappa shape index (κ2) is 8.90. The highest BCUT2D eigenvalue weighted by Gasteiger charge is 2.23. The van der Waals surface area contributed by atoms with Crippen LogP contribution in [0.2, 0.25) is 5.02 Å². The van der Waals surface area contributed by atoms with Crippen LogP contribution in [0.15, 0.2) is 36.8 Å². The predicted molar refractivity (Wildman–Crippen MR) is 110 cm³/mol. The number of amides is 1. The minimum absolute atomic E-state index is 0.0757. The fourth-order valence-electron chi connectivity index (χ4n) is 3.41. The van der Waals surface area contributed by atoms with Crippen LogP contribution in [0.25, 0.3) is 10.9 Å². The molecule has 1 fully saturated rings. The van der Waals surface area contributed by atoms with Gasteiger partial charge >= 0.3 is 0 Å². The topological polar surface area (TPSA) is 89.1 Å². The SMILES string of the molecule is Cc1ncc(C(CNC(=O)c2ccc3[nH]ccc3c2Cl)OC2CCOCC2)cn1. The van der Waals surface area contributed by atoms with Gasteiger partial charge in [0.05, 0.1) is 16.7 Å². The minimum Gasteiger partial charge on any atom is -0.381 e. The van der Waals surface area contributed by atoms with Crippen molar-refractivity contribution in [3.63, 3.8) is 0 Å². The number of fused-ring (bicyclic) bond motifs is 1. The van der Waals surface area contributed by atoms with Crippen LogP contribution in [0.4, 0.5) is 0 Å². The number of hydrogen-bond donors (Lipinski definition) is 2. The fourth-order valence-corrected chi connectivity index (χ4v) is 3.72. The van der Waals surface area contributed by atoms with E-state index < -0.39 is 0 Å². The number of aromatic nitrogens is 3. The summed E-state index contributed by atoms with van der Waals surface area (Å²) in [5, 5.41) is 4.21. The zero-order chi connectivity index (χ0) is 20.2. The van der Waals surface area contributed by atoms with Crippen LogP contribution in [0.5, 0.6) is 0 Å². The third kappa shape index (κ3) is 4.58. The molecular formula is C21H23ClN4O3. The Morgan fingerprint density at radius 2 is 2.07 bits per heavy atom. The lowest BCUT2D eigenvalue weighted by Gasteiger charge is -2.28. The predicted octanol–water partition coefficient (Wildman–Crippen LogP) is 3.59. The molecule has 3 aromatic rings. The normalized spacial score (nSPS) is 16.1. The average molecular weight is 415 g/mol. The minimum atomic E-state index is -0.350. The van der Waals surface area contributed by atoms with E-state index in [4.69, 9.17) is 21.1 Å². The van der Waals surface area contributed by atoms with Gasteiger partial charge in [-0.1, -0.05) is 11.6 Å². The molecule has 2 N–H and O–H groups in total. The lowest BCUT2D eigenvalue weighted by molar-refractivity contribution is -0.0685. The van der Waals surface area contributed by atoms with Crippen molar-refractivity contribution in [3.8, 4) is 0 Å². The molecule has 8 heteroatoms. The summed E-state index contributed by atoms with van der Waals surface area (Å²) in [6.45, 7) is 3.49. The van der Waals surface area contributed by atoms with Crippen LogP contribution in [0, 0.1) is 6.92 Å². The molecular weight excluding hydrogens is 392 g/mol.